The summed E-state index contributed by atoms with van der Waals surface area (Å²) in [4.78, 5) is 21.1. The van der Waals surface area contributed by atoms with Crippen molar-refractivity contribution in [1.82, 2.24) is 29.5 Å². The third kappa shape index (κ3) is 2.08. The third-order valence-corrected chi connectivity index (χ3v) is 5.04. The van der Waals surface area contributed by atoms with Crippen molar-refractivity contribution in [3.8, 4) is 17.1 Å². The van der Waals surface area contributed by atoms with Crippen molar-refractivity contribution in [2.45, 2.75) is 0 Å². The van der Waals surface area contributed by atoms with E-state index in [0.717, 1.165) is 44.5 Å². The number of nitrogens with one attached hydrogen (secondary N) is 1. The van der Waals surface area contributed by atoms with Crippen LogP contribution in [-0.2, 0) is 0 Å². The number of pyridine rings is 1. The van der Waals surface area contributed by atoms with Gasteiger partial charge in [-0.25, -0.2) is 15.0 Å². The second-order valence-corrected chi connectivity index (χ2v) is 6.63. The summed E-state index contributed by atoms with van der Waals surface area (Å²) in [6.07, 6.45) is 8.70. The van der Waals surface area contributed by atoms with E-state index in [2.05, 4.69) is 54.8 Å². The maximum absolute atomic E-state index is 5.07. The van der Waals surface area contributed by atoms with Crippen LogP contribution in [0.5, 0.6) is 0 Å². The smallest absolute Gasteiger partial charge is 0.145 e. The number of benzene rings is 2. The van der Waals surface area contributed by atoms with E-state index in [1.54, 1.807) is 24.8 Å². The highest BCUT2D eigenvalue weighted by molar-refractivity contribution is 6.19. The van der Waals surface area contributed by atoms with Gasteiger partial charge in [0, 0.05) is 39.8 Å². The average Bonchev–Trinajstić information content (AvgIpc) is 3.33. The Labute approximate surface area is 159 Å². The summed E-state index contributed by atoms with van der Waals surface area (Å²) in [5, 5.41) is 2.29. The van der Waals surface area contributed by atoms with Gasteiger partial charge < -0.3 is 4.98 Å². The quantitative estimate of drug-likeness (QED) is 0.492. The van der Waals surface area contributed by atoms with Crippen molar-refractivity contribution in [2.24, 2.45) is 0 Å². The molecule has 2 aromatic carbocycles. The predicted octanol–water partition coefficient (Wildman–Crippen LogP) is 4.51. The van der Waals surface area contributed by atoms with Crippen LogP contribution in [0.2, 0.25) is 0 Å². The fraction of sp³-hybridized carbons (Fsp3) is 0. The highest BCUT2D eigenvalue weighted by atomic mass is 15.1. The van der Waals surface area contributed by atoms with Gasteiger partial charge in [-0.2, -0.15) is 0 Å². The molecule has 6 heteroatoms. The molecule has 0 aliphatic heterocycles. The van der Waals surface area contributed by atoms with Crippen molar-refractivity contribution in [1.29, 1.82) is 0 Å². The lowest BCUT2D eigenvalue weighted by Gasteiger charge is -2.08. The Hall–Kier alpha value is -4.06. The van der Waals surface area contributed by atoms with Crippen LogP contribution in [0.25, 0.3) is 49.9 Å². The standard InChI is InChI=1S/C22H14N6/c1-2-4-17-16(3-1)20-18(26-17)5-6-19-21(20)27-22(14-7-9-23-10-8-14)28(19)15-11-24-13-25-12-15/h1-13,26H. The lowest BCUT2D eigenvalue weighted by Crippen LogP contribution is -1.98. The van der Waals surface area contributed by atoms with Gasteiger partial charge in [0.2, 0.25) is 0 Å². The van der Waals surface area contributed by atoms with Gasteiger partial charge in [-0.15, -0.1) is 0 Å². The molecular formula is C22H14N6. The lowest BCUT2D eigenvalue weighted by molar-refractivity contribution is 1.04. The number of hydrogen-bond donors (Lipinski definition) is 1. The highest BCUT2D eigenvalue weighted by Gasteiger charge is 2.18. The minimum atomic E-state index is 0.838. The van der Waals surface area contributed by atoms with Crippen LogP contribution in [0.1, 0.15) is 0 Å². The van der Waals surface area contributed by atoms with E-state index in [0.29, 0.717) is 0 Å². The number of imidazole rings is 1. The molecule has 0 unspecified atom stereocenters. The Balaban J connectivity index is 1.80. The molecule has 0 bridgehead atoms. The first-order valence-corrected chi connectivity index (χ1v) is 8.98. The van der Waals surface area contributed by atoms with Gasteiger partial charge in [0.15, 0.2) is 0 Å². The zero-order valence-corrected chi connectivity index (χ0v) is 14.7. The molecule has 132 valence electrons. The fourth-order valence-corrected chi connectivity index (χ4v) is 3.84. The molecule has 4 heterocycles. The van der Waals surface area contributed by atoms with Gasteiger partial charge in [-0.3, -0.25) is 9.55 Å². The molecule has 0 radical (unpaired) electrons. The Morgan fingerprint density at radius 2 is 1.61 bits per heavy atom. The molecule has 4 aromatic heterocycles. The first-order valence-electron chi connectivity index (χ1n) is 8.98. The monoisotopic (exact) mass is 362 g/mol. The van der Waals surface area contributed by atoms with Crippen molar-refractivity contribution >= 4 is 32.8 Å². The van der Waals surface area contributed by atoms with Crippen LogP contribution < -0.4 is 0 Å². The molecule has 28 heavy (non-hydrogen) atoms. The summed E-state index contributed by atoms with van der Waals surface area (Å²) < 4.78 is 2.10. The van der Waals surface area contributed by atoms with Crippen LogP contribution in [-0.4, -0.2) is 29.5 Å². The van der Waals surface area contributed by atoms with Gasteiger partial charge in [-0.1, -0.05) is 18.2 Å². The second kappa shape index (κ2) is 5.72. The molecule has 6 rings (SSSR count). The van der Waals surface area contributed by atoms with Crippen molar-refractivity contribution in [2.75, 3.05) is 0 Å². The van der Waals surface area contributed by atoms with Crippen LogP contribution in [0.4, 0.5) is 0 Å². The zero-order valence-electron chi connectivity index (χ0n) is 14.7. The number of H-pyrrole nitrogens is 1. The molecule has 0 saturated carbocycles. The predicted molar refractivity (Wildman–Crippen MR) is 109 cm³/mol. The highest BCUT2D eigenvalue weighted by Crippen LogP contribution is 2.35. The second-order valence-electron chi connectivity index (χ2n) is 6.63. The molecule has 0 fully saturated rings. The van der Waals surface area contributed by atoms with E-state index < -0.39 is 0 Å². The van der Waals surface area contributed by atoms with E-state index in [4.69, 9.17) is 4.98 Å². The first kappa shape index (κ1) is 15.0. The van der Waals surface area contributed by atoms with Gasteiger partial charge in [0.1, 0.15) is 12.2 Å². The number of hydrogen-bond acceptors (Lipinski definition) is 4. The van der Waals surface area contributed by atoms with Crippen LogP contribution in [0.3, 0.4) is 0 Å². The third-order valence-electron chi connectivity index (χ3n) is 5.04. The molecule has 0 spiro atoms. The van der Waals surface area contributed by atoms with Gasteiger partial charge >= 0.3 is 0 Å². The Morgan fingerprint density at radius 3 is 2.46 bits per heavy atom. The van der Waals surface area contributed by atoms with E-state index in [-0.39, 0.29) is 0 Å². The van der Waals surface area contributed by atoms with Crippen molar-refractivity contribution < 1.29 is 0 Å². The number of rotatable bonds is 2. The Bertz CT molecular complexity index is 1450. The maximum atomic E-state index is 5.07. The molecule has 0 amide bonds. The lowest BCUT2D eigenvalue weighted by atomic mass is 10.1. The molecule has 6 aromatic rings. The molecule has 0 aliphatic carbocycles. The molecule has 0 atom stereocenters. The van der Waals surface area contributed by atoms with Gasteiger partial charge in [0.25, 0.3) is 0 Å². The van der Waals surface area contributed by atoms with Gasteiger partial charge in [0.05, 0.1) is 29.1 Å². The molecule has 0 aliphatic rings. The Kier molecular flexibility index (Phi) is 3.07. The normalized spacial score (nSPS) is 11.6. The van der Waals surface area contributed by atoms with E-state index in [1.165, 1.54) is 11.7 Å². The van der Waals surface area contributed by atoms with Crippen LogP contribution in [0, 0.1) is 0 Å². The zero-order chi connectivity index (χ0) is 18.5. The fourth-order valence-electron chi connectivity index (χ4n) is 3.84. The maximum Gasteiger partial charge on any atom is 0.145 e. The Morgan fingerprint density at radius 1 is 0.786 bits per heavy atom. The summed E-state index contributed by atoms with van der Waals surface area (Å²) in [6, 6.07) is 16.4. The number of aromatic amines is 1. The van der Waals surface area contributed by atoms with E-state index in [1.807, 2.05) is 18.2 Å². The number of aromatic nitrogens is 6. The minimum absolute atomic E-state index is 0.838. The van der Waals surface area contributed by atoms with E-state index in [9.17, 15) is 0 Å². The largest absolute Gasteiger partial charge is 0.354 e. The summed E-state index contributed by atoms with van der Waals surface area (Å²) in [7, 11) is 0. The molecule has 6 nitrogen and oxygen atoms in total. The van der Waals surface area contributed by atoms with Crippen molar-refractivity contribution in [3.63, 3.8) is 0 Å². The topological polar surface area (TPSA) is 72.3 Å². The van der Waals surface area contributed by atoms with Crippen LogP contribution in [0.15, 0.2) is 79.6 Å². The van der Waals surface area contributed by atoms with Crippen LogP contribution >= 0.6 is 0 Å². The number of nitrogens with zero attached hydrogens (tertiary/aromatic N) is 5. The molecule has 1 N–H and O–H groups in total. The summed E-state index contributed by atoms with van der Waals surface area (Å²) in [5.41, 5.74) is 6.00. The van der Waals surface area contributed by atoms with E-state index >= 15 is 0 Å². The minimum Gasteiger partial charge on any atom is -0.354 e. The first-order chi connectivity index (χ1) is 13.9. The SMILES string of the molecule is c1ccc2c(c1)[nH]c1ccc3c(nc(-c4ccncc4)n3-c3cncnc3)c12. The molecule has 0 saturated heterocycles. The summed E-state index contributed by atoms with van der Waals surface area (Å²) >= 11 is 0. The summed E-state index contributed by atoms with van der Waals surface area (Å²) in [6.45, 7) is 0. The number of para-hydroxylation sites is 1. The molecular weight excluding hydrogens is 348 g/mol. The summed E-state index contributed by atoms with van der Waals surface area (Å²) in [5.74, 6) is 0.838. The average molecular weight is 362 g/mol. The number of fused-ring (bicyclic) bond motifs is 5. The van der Waals surface area contributed by atoms with Crippen molar-refractivity contribution in [3.05, 3.63) is 79.6 Å². The van der Waals surface area contributed by atoms with Gasteiger partial charge in [-0.05, 0) is 30.3 Å².